The first-order valence-corrected chi connectivity index (χ1v) is 3.46. The van der Waals surface area contributed by atoms with Crippen molar-refractivity contribution in [2.24, 2.45) is 0 Å². The summed E-state index contributed by atoms with van der Waals surface area (Å²) in [7, 11) is 0. The molecule has 1 heterocycles. The minimum atomic E-state index is -0.882. The van der Waals surface area contributed by atoms with Crippen molar-refractivity contribution in [2.45, 2.75) is 13.5 Å². The third kappa shape index (κ3) is 1.77. The van der Waals surface area contributed by atoms with E-state index in [0.29, 0.717) is 5.56 Å². The van der Waals surface area contributed by atoms with Crippen molar-refractivity contribution < 1.29 is 14.5 Å². The molecule has 1 N–H and O–H groups in total. The van der Waals surface area contributed by atoms with Gasteiger partial charge in [0.25, 0.3) is 0 Å². The molecule has 3 heteroatoms. The number of hydrogen-bond donors (Lipinski definition) is 1. The van der Waals surface area contributed by atoms with Crippen molar-refractivity contribution in [3.8, 4) is 0 Å². The lowest BCUT2D eigenvalue weighted by atomic mass is 10.3. The molecule has 0 aromatic carbocycles. The number of carboxylic acid groups (broad SMARTS) is 1. The molecular formula is C8H10NO2+. The number of carbonyl (C=O) groups is 1. The van der Waals surface area contributed by atoms with Gasteiger partial charge in [-0.25, -0.2) is 9.36 Å². The van der Waals surface area contributed by atoms with Gasteiger partial charge in [-0.3, -0.25) is 0 Å². The molecule has 0 amide bonds. The largest absolute Gasteiger partial charge is 0.477 e. The third-order valence-corrected chi connectivity index (χ3v) is 1.47. The third-order valence-electron chi connectivity index (χ3n) is 1.47. The van der Waals surface area contributed by atoms with E-state index in [9.17, 15) is 4.79 Å². The maximum absolute atomic E-state index is 10.5. The predicted octanol–water partition coefficient (Wildman–Crippen LogP) is 0.692. The van der Waals surface area contributed by atoms with E-state index in [2.05, 4.69) is 0 Å². The van der Waals surface area contributed by atoms with Crippen molar-refractivity contribution in [1.29, 1.82) is 0 Å². The van der Waals surface area contributed by atoms with Crippen molar-refractivity contribution in [1.82, 2.24) is 0 Å². The first-order chi connectivity index (χ1) is 5.24. The van der Waals surface area contributed by atoms with Gasteiger partial charge in [0.2, 0.25) is 0 Å². The summed E-state index contributed by atoms with van der Waals surface area (Å²) in [6.45, 7) is 2.76. The van der Waals surface area contributed by atoms with Crippen LogP contribution in [0.25, 0.3) is 0 Å². The minimum Gasteiger partial charge on any atom is -0.477 e. The van der Waals surface area contributed by atoms with Crippen LogP contribution < -0.4 is 4.57 Å². The molecule has 0 fully saturated rings. The highest BCUT2D eigenvalue weighted by Gasteiger charge is 2.05. The number of aromatic carboxylic acids is 1. The number of aryl methyl sites for hydroxylation is 1. The molecule has 0 atom stereocenters. The number of hydrogen-bond acceptors (Lipinski definition) is 1. The molecule has 3 nitrogen and oxygen atoms in total. The lowest BCUT2D eigenvalue weighted by Crippen LogP contribution is -2.32. The number of aromatic nitrogens is 1. The van der Waals surface area contributed by atoms with Crippen LogP contribution >= 0.6 is 0 Å². The molecule has 0 saturated heterocycles. The quantitative estimate of drug-likeness (QED) is 0.633. The smallest absolute Gasteiger partial charge is 0.341 e. The summed E-state index contributed by atoms with van der Waals surface area (Å²) in [5.41, 5.74) is 0.328. The summed E-state index contributed by atoms with van der Waals surface area (Å²) in [5, 5.41) is 8.59. The van der Waals surface area contributed by atoms with Crippen LogP contribution in [0.1, 0.15) is 17.3 Å². The zero-order valence-electron chi connectivity index (χ0n) is 6.32. The van der Waals surface area contributed by atoms with E-state index in [-0.39, 0.29) is 0 Å². The van der Waals surface area contributed by atoms with E-state index in [4.69, 9.17) is 5.11 Å². The number of rotatable bonds is 2. The fourth-order valence-electron chi connectivity index (χ4n) is 0.845. The molecule has 11 heavy (non-hydrogen) atoms. The highest BCUT2D eigenvalue weighted by atomic mass is 16.4. The molecule has 1 aromatic rings. The lowest BCUT2D eigenvalue weighted by Gasteiger charge is -1.92. The summed E-state index contributed by atoms with van der Waals surface area (Å²) in [6.07, 6.45) is 3.45. The molecule has 0 bridgehead atoms. The summed E-state index contributed by atoms with van der Waals surface area (Å²) in [4.78, 5) is 10.5. The Morgan fingerprint density at radius 1 is 1.73 bits per heavy atom. The Kier molecular flexibility index (Phi) is 2.21. The van der Waals surface area contributed by atoms with Crippen molar-refractivity contribution in [3.63, 3.8) is 0 Å². The van der Waals surface area contributed by atoms with E-state index in [0.717, 1.165) is 6.54 Å². The van der Waals surface area contributed by atoms with Crippen LogP contribution in [0.15, 0.2) is 24.5 Å². The Balaban J connectivity index is 3.01. The zero-order chi connectivity index (χ0) is 8.27. The second kappa shape index (κ2) is 3.14. The molecular weight excluding hydrogens is 142 g/mol. The Hall–Kier alpha value is -1.38. The minimum absolute atomic E-state index is 0.328. The molecule has 0 radical (unpaired) electrons. The molecule has 1 rings (SSSR count). The van der Waals surface area contributed by atoms with Gasteiger partial charge in [0.1, 0.15) is 12.1 Å². The fraction of sp³-hybridized carbons (Fsp3) is 0.250. The zero-order valence-corrected chi connectivity index (χ0v) is 6.32. The van der Waals surface area contributed by atoms with Crippen molar-refractivity contribution in [3.05, 3.63) is 30.1 Å². The molecule has 0 unspecified atom stereocenters. The monoisotopic (exact) mass is 152 g/mol. The number of pyridine rings is 1. The Morgan fingerprint density at radius 2 is 2.45 bits per heavy atom. The van der Waals surface area contributed by atoms with E-state index in [1.165, 1.54) is 0 Å². The van der Waals surface area contributed by atoms with E-state index < -0.39 is 5.97 Å². The topological polar surface area (TPSA) is 41.2 Å². The molecule has 0 aliphatic heterocycles. The second-order valence-electron chi connectivity index (χ2n) is 2.23. The summed E-state index contributed by atoms with van der Waals surface area (Å²) < 4.78 is 1.82. The van der Waals surface area contributed by atoms with Gasteiger partial charge in [-0.05, 0) is 13.0 Å². The van der Waals surface area contributed by atoms with Crippen LogP contribution in [0.2, 0.25) is 0 Å². The average molecular weight is 152 g/mol. The van der Waals surface area contributed by atoms with Crippen molar-refractivity contribution >= 4 is 5.97 Å². The number of nitrogens with zero attached hydrogens (tertiary/aromatic N) is 1. The fourth-order valence-corrected chi connectivity index (χ4v) is 0.845. The SMILES string of the molecule is CC[n+]1cccc(C(=O)O)c1. The average Bonchev–Trinajstić information content (AvgIpc) is 2.05. The van der Waals surface area contributed by atoms with Crippen LogP contribution in [0, 0.1) is 0 Å². The van der Waals surface area contributed by atoms with Gasteiger partial charge in [0.05, 0.1) is 0 Å². The van der Waals surface area contributed by atoms with Gasteiger partial charge in [-0.15, -0.1) is 0 Å². The van der Waals surface area contributed by atoms with Gasteiger partial charge in [-0.2, -0.15) is 0 Å². The molecule has 1 aromatic heterocycles. The Labute approximate surface area is 64.9 Å². The second-order valence-corrected chi connectivity index (χ2v) is 2.23. The molecule has 0 saturated carbocycles. The molecule has 0 aliphatic rings. The summed E-state index contributed by atoms with van der Waals surface area (Å²) in [5.74, 6) is -0.882. The number of carboxylic acids is 1. The van der Waals surface area contributed by atoms with E-state index >= 15 is 0 Å². The van der Waals surface area contributed by atoms with Crippen molar-refractivity contribution in [2.75, 3.05) is 0 Å². The first-order valence-electron chi connectivity index (χ1n) is 3.46. The highest BCUT2D eigenvalue weighted by Crippen LogP contribution is 1.92. The van der Waals surface area contributed by atoms with E-state index in [1.807, 2.05) is 17.7 Å². The Morgan fingerprint density at radius 3 is 3.00 bits per heavy atom. The maximum Gasteiger partial charge on any atom is 0.341 e. The Bertz CT molecular complexity index is 271. The normalized spacial score (nSPS) is 9.55. The van der Waals surface area contributed by atoms with Gasteiger partial charge in [-0.1, -0.05) is 0 Å². The molecule has 58 valence electrons. The summed E-state index contributed by atoms with van der Waals surface area (Å²) in [6, 6.07) is 3.31. The maximum atomic E-state index is 10.5. The predicted molar refractivity (Wildman–Crippen MR) is 39.3 cm³/mol. The highest BCUT2D eigenvalue weighted by molar-refractivity contribution is 5.86. The van der Waals surface area contributed by atoms with Crippen LogP contribution in [0.3, 0.4) is 0 Å². The van der Waals surface area contributed by atoms with Crippen LogP contribution in [-0.2, 0) is 6.54 Å². The van der Waals surface area contributed by atoms with Gasteiger partial charge >= 0.3 is 5.97 Å². The lowest BCUT2D eigenvalue weighted by molar-refractivity contribution is -0.693. The van der Waals surface area contributed by atoms with Crippen LogP contribution in [0.5, 0.6) is 0 Å². The van der Waals surface area contributed by atoms with Crippen LogP contribution in [0.4, 0.5) is 0 Å². The van der Waals surface area contributed by atoms with Gasteiger partial charge in [0.15, 0.2) is 12.4 Å². The first kappa shape index (κ1) is 7.72. The summed E-state index contributed by atoms with van der Waals surface area (Å²) >= 11 is 0. The molecule has 0 spiro atoms. The van der Waals surface area contributed by atoms with Crippen LogP contribution in [-0.4, -0.2) is 11.1 Å². The standard InChI is InChI=1S/C8H9NO2/c1-2-9-5-3-4-7(6-9)8(10)11/h3-6H,2H2,1H3/p+1. The van der Waals surface area contributed by atoms with Gasteiger partial charge in [0, 0.05) is 6.07 Å². The van der Waals surface area contributed by atoms with E-state index in [1.54, 1.807) is 18.3 Å². The van der Waals surface area contributed by atoms with Gasteiger partial charge < -0.3 is 5.11 Å². The molecule has 0 aliphatic carbocycles.